The van der Waals surface area contributed by atoms with E-state index in [9.17, 15) is 18.0 Å². The normalized spacial score (nSPS) is 15.4. The summed E-state index contributed by atoms with van der Waals surface area (Å²) in [6.07, 6.45) is -0.981. The van der Waals surface area contributed by atoms with Gasteiger partial charge >= 0.3 is 5.97 Å². The fourth-order valence-electron chi connectivity index (χ4n) is 3.01. The fraction of sp³-hybridized carbons (Fsp3) is 0.333. The molecular weight excluding hydrogens is 424 g/mol. The van der Waals surface area contributed by atoms with Crippen LogP contribution in [0.1, 0.15) is 13.8 Å². The van der Waals surface area contributed by atoms with Crippen LogP contribution < -0.4 is 14.8 Å². The SMILES string of the molecule is CCN(CC)S(=O)(=O)c1cccc(NC(=O)COC(=O)C2COc3ccccc3O2)c1. The van der Waals surface area contributed by atoms with E-state index in [1.807, 2.05) is 0 Å². The van der Waals surface area contributed by atoms with E-state index in [2.05, 4.69) is 5.32 Å². The number of sulfonamides is 1. The number of benzene rings is 2. The molecule has 31 heavy (non-hydrogen) atoms. The first-order valence-corrected chi connectivity index (χ1v) is 11.2. The number of esters is 1. The minimum absolute atomic E-state index is 0.0251. The van der Waals surface area contributed by atoms with Crippen LogP contribution >= 0.6 is 0 Å². The van der Waals surface area contributed by atoms with E-state index in [4.69, 9.17) is 14.2 Å². The number of carbonyl (C=O) groups is 2. The van der Waals surface area contributed by atoms with E-state index in [1.165, 1.54) is 22.5 Å². The quantitative estimate of drug-likeness (QED) is 0.615. The van der Waals surface area contributed by atoms with Gasteiger partial charge in [-0.3, -0.25) is 4.79 Å². The zero-order valence-corrected chi connectivity index (χ0v) is 18.1. The minimum atomic E-state index is -3.66. The van der Waals surface area contributed by atoms with Crippen LogP contribution in [0.2, 0.25) is 0 Å². The number of hydrogen-bond acceptors (Lipinski definition) is 7. The lowest BCUT2D eigenvalue weighted by atomic mass is 10.2. The Hall–Kier alpha value is -3.11. The maximum atomic E-state index is 12.6. The molecule has 1 heterocycles. The largest absolute Gasteiger partial charge is 0.485 e. The summed E-state index contributed by atoms with van der Waals surface area (Å²) in [5, 5.41) is 2.53. The molecule has 0 aromatic heterocycles. The second-order valence-corrected chi connectivity index (χ2v) is 8.58. The highest BCUT2D eigenvalue weighted by Crippen LogP contribution is 2.31. The van der Waals surface area contributed by atoms with E-state index < -0.39 is 34.6 Å². The molecule has 2 aromatic carbocycles. The van der Waals surface area contributed by atoms with Gasteiger partial charge < -0.3 is 19.5 Å². The first-order chi connectivity index (χ1) is 14.8. The summed E-state index contributed by atoms with van der Waals surface area (Å²) in [6, 6.07) is 12.8. The van der Waals surface area contributed by atoms with Crippen molar-refractivity contribution in [3.05, 3.63) is 48.5 Å². The maximum absolute atomic E-state index is 12.6. The van der Waals surface area contributed by atoms with Gasteiger partial charge in [-0.1, -0.05) is 32.0 Å². The number of anilines is 1. The molecule has 1 N–H and O–H groups in total. The summed E-state index contributed by atoms with van der Waals surface area (Å²) >= 11 is 0. The third-order valence-corrected chi connectivity index (χ3v) is 6.62. The molecular formula is C21H24N2O7S. The number of nitrogens with one attached hydrogen (secondary N) is 1. The third-order valence-electron chi connectivity index (χ3n) is 4.58. The Morgan fingerprint density at radius 2 is 1.81 bits per heavy atom. The van der Waals surface area contributed by atoms with E-state index in [0.29, 0.717) is 24.6 Å². The van der Waals surface area contributed by atoms with E-state index in [1.54, 1.807) is 44.2 Å². The molecule has 0 bridgehead atoms. The highest BCUT2D eigenvalue weighted by molar-refractivity contribution is 7.89. The summed E-state index contributed by atoms with van der Waals surface area (Å²) in [7, 11) is -3.66. The molecule has 1 unspecified atom stereocenters. The Morgan fingerprint density at radius 3 is 2.52 bits per heavy atom. The number of carbonyl (C=O) groups excluding carboxylic acids is 2. The van der Waals surface area contributed by atoms with Gasteiger partial charge in [0.1, 0.15) is 6.61 Å². The number of hydrogen-bond donors (Lipinski definition) is 1. The molecule has 2 aromatic rings. The average Bonchev–Trinajstić information content (AvgIpc) is 2.78. The van der Waals surface area contributed by atoms with Crippen molar-refractivity contribution in [2.45, 2.75) is 24.8 Å². The first-order valence-electron chi connectivity index (χ1n) is 9.80. The van der Waals surface area contributed by atoms with Crippen LogP contribution in [-0.2, 0) is 24.3 Å². The second kappa shape index (κ2) is 9.80. The van der Waals surface area contributed by atoms with Crippen molar-refractivity contribution >= 4 is 27.6 Å². The van der Waals surface area contributed by atoms with E-state index in [0.717, 1.165) is 0 Å². The van der Waals surface area contributed by atoms with Crippen LogP contribution in [0.25, 0.3) is 0 Å². The minimum Gasteiger partial charge on any atom is -0.485 e. The fourth-order valence-corrected chi connectivity index (χ4v) is 4.51. The van der Waals surface area contributed by atoms with Gasteiger partial charge in [-0.15, -0.1) is 0 Å². The summed E-state index contributed by atoms with van der Waals surface area (Å²) < 4.78 is 42.6. The van der Waals surface area contributed by atoms with Crippen molar-refractivity contribution in [3.8, 4) is 11.5 Å². The molecule has 1 aliphatic rings. The lowest BCUT2D eigenvalue weighted by Gasteiger charge is -2.24. The van der Waals surface area contributed by atoms with Crippen molar-refractivity contribution < 1.29 is 32.2 Å². The van der Waals surface area contributed by atoms with Gasteiger partial charge in [-0.2, -0.15) is 4.31 Å². The molecule has 0 aliphatic carbocycles. The van der Waals surface area contributed by atoms with Gasteiger partial charge in [-0.25, -0.2) is 13.2 Å². The van der Waals surface area contributed by atoms with Crippen molar-refractivity contribution in [2.75, 3.05) is 31.6 Å². The highest BCUT2D eigenvalue weighted by Gasteiger charge is 2.29. The molecule has 0 radical (unpaired) electrons. The molecule has 0 spiro atoms. The van der Waals surface area contributed by atoms with Crippen LogP contribution in [-0.4, -0.2) is 57.0 Å². The predicted octanol–water partition coefficient (Wildman–Crippen LogP) is 2.04. The van der Waals surface area contributed by atoms with Gasteiger partial charge in [0.15, 0.2) is 18.1 Å². The van der Waals surface area contributed by atoms with Gasteiger partial charge in [0.25, 0.3) is 5.91 Å². The monoisotopic (exact) mass is 448 g/mol. The van der Waals surface area contributed by atoms with Crippen LogP contribution in [0.4, 0.5) is 5.69 Å². The Bertz CT molecular complexity index is 1050. The standard InChI is InChI=1S/C21H24N2O7S/c1-3-23(4-2)31(26,27)16-9-7-8-15(12-16)22-20(24)14-29-21(25)19-13-28-17-10-5-6-11-18(17)30-19/h5-12,19H,3-4,13-14H2,1-2H3,(H,22,24). The number of rotatable bonds is 8. The molecule has 1 amide bonds. The molecule has 1 aliphatic heterocycles. The lowest BCUT2D eigenvalue weighted by molar-refractivity contribution is -0.156. The summed E-state index contributed by atoms with van der Waals surface area (Å²) in [5.41, 5.74) is 0.278. The van der Waals surface area contributed by atoms with Gasteiger partial charge in [0, 0.05) is 18.8 Å². The summed E-state index contributed by atoms with van der Waals surface area (Å²) in [6.45, 7) is 3.60. The summed E-state index contributed by atoms with van der Waals surface area (Å²) in [4.78, 5) is 24.5. The first kappa shape index (κ1) is 22.6. The molecule has 10 heteroatoms. The van der Waals surface area contributed by atoms with Gasteiger partial charge in [0.05, 0.1) is 4.90 Å². The Morgan fingerprint density at radius 1 is 1.10 bits per heavy atom. The Balaban J connectivity index is 1.56. The summed E-state index contributed by atoms with van der Waals surface area (Å²) in [5.74, 6) is -0.388. The Kier molecular flexibility index (Phi) is 7.13. The molecule has 3 rings (SSSR count). The average molecular weight is 448 g/mol. The molecule has 1 atom stereocenters. The zero-order valence-electron chi connectivity index (χ0n) is 17.2. The predicted molar refractivity (Wildman–Crippen MR) is 112 cm³/mol. The molecule has 9 nitrogen and oxygen atoms in total. The molecule has 0 saturated carbocycles. The second-order valence-electron chi connectivity index (χ2n) is 6.64. The van der Waals surface area contributed by atoms with Crippen LogP contribution in [0, 0.1) is 0 Å². The van der Waals surface area contributed by atoms with Crippen molar-refractivity contribution in [3.63, 3.8) is 0 Å². The maximum Gasteiger partial charge on any atom is 0.351 e. The van der Waals surface area contributed by atoms with Crippen LogP contribution in [0.5, 0.6) is 11.5 Å². The third kappa shape index (κ3) is 5.33. The van der Waals surface area contributed by atoms with Crippen LogP contribution in [0.3, 0.4) is 0 Å². The highest BCUT2D eigenvalue weighted by atomic mass is 32.2. The number of amides is 1. The van der Waals surface area contributed by atoms with E-state index in [-0.39, 0.29) is 17.2 Å². The van der Waals surface area contributed by atoms with Crippen molar-refractivity contribution in [1.82, 2.24) is 4.31 Å². The smallest absolute Gasteiger partial charge is 0.351 e. The lowest BCUT2D eigenvalue weighted by Crippen LogP contribution is -2.39. The van der Waals surface area contributed by atoms with Gasteiger partial charge in [0.2, 0.25) is 16.1 Å². The Labute approximate surface area is 181 Å². The van der Waals surface area contributed by atoms with Crippen LogP contribution in [0.15, 0.2) is 53.4 Å². The van der Waals surface area contributed by atoms with Gasteiger partial charge in [-0.05, 0) is 30.3 Å². The number of fused-ring (bicyclic) bond motifs is 1. The topological polar surface area (TPSA) is 111 Å². The van der Waals surface area contributed by atoms with E-state index >= 15 is 0 Å². The number of para-hydroxylation sites is 2. The molecule has 0 fully saturated rings. The molecule has 0 saturated heterocycles. The zero-order chi connectivity index (χ0) is 22.4. The number of ether oxygens (including phenoxy) is 3. The molecule has 166 valence electrons. The van der Waals surface area contributed by atoms with Crippen molar-refractivity contribution in [1.29, 1.82) is 0 Å². The van der Waals surface area contributed by atoms with Crippen molar-refractivity contribution in [2.24, 2.45) is 0 Å². The number of nitrogens with zero attached hydrogens (tertiary/aromatic N) is 1.